The zero-order valence-electron chi connectivity index (χ0n) is 11.6. The fourth-order valence-corrected chi connectivity index (χ4v) is 2.96. The quantitative estimate of drug-likeness (QED) is 0.710. The van der Waals surface area contributed by atoms with Crippen molar-refractivity contribution in [2.45, 2.75) is 44.6 Å². The van der Waals surface area contributed by atoms with Crippen LogP contribution in [0.5, 0.6) is 0 Å². The highest BCUT2D eigenvalue weighted by atomic mass is 16.2. The lowest BCUT2D eigenvalue weighted by molar-refractivity contribution is 0.247. The van der Waals surface area contributed by atoms with Gasteiger partial charge in [0, 0.05) is 23.1 Å². The predicted octanol–water partition coefficient (Wildman–Crippen LogP) is 4.01. The van der Waals surface area contributed by atoms with E-state index in [0.717, 1.165) is 29.4 Å². The van der Waals surface area contributed by atoms with Gasteiger partial charge in [-0.2, -0.15) is 0 Å². The Hall–Kier alpha value is -1.97. The molecular formula is C16H21N3O. The molecule has 3 rings (SSSR count). The van der Waals surface area contributed by atoms with Gasteiger partial charge in [0.05, 0.1) is 5.69 Å². The summed E-state index contributed by atoms with van der Waals surface area (Å²) in [6.07, 6.45) is 9.12. The summed E-state index contributed by atoms with van der Waals surface area (Å²) in [6, 6.07) is 8.09. The van der Waals surface area contributed by atoms with Crippen LogP contribution in [-0.4, -0.2) is 17.1 Å². The van der Waals surface area contributed by atoms with Crippen LogP contribution in [0.3, 0.4) is 0 Å². The number of amides is 2. The zero-order chi connectivity index (χ0) is 13.8. The zero-order valence-corrected chi connectivity index (χ0v) is 11.6. The van der Waals surface area contributed by atoms with Crippen molar-refractivity contribution in [1.82, 2.24) is 10.3 Å². The van der Waals surface area contributed by atoms with Crippen molar-refractivity contribution in [3.63, 3.8) is 0 Å². The molecule has 1 saturated carbocycles. The Kier molecular flexibility index (Phi) is 3.90. The third kappa shape index (κ3) is 2.95. The van der Waals surface area contributed by atoms with E-state index in [1.54, 1.807) is 0 Å². The minimum atomic E-state index is -0.0920. The number of H-pyrrole nitrogens is 1. The topological polar surface area (TPSA) is 56.9 Å². The smallest absolute Gasteiger partial charge is 0.319 e. The van der Waals surface area contributed by atoms with Crippen LogP contribution in [-0.2, 0) is 0 Å². The third-order valence-electron chi connectivity index (χ3n) is 4.03. The molecule has 3 N–H and O–H groups in total. The molecule has 1 aliphatic rings. The maximum absolute atomic E-state index is 12.1. The molecule has 2 amide bonds. The Labute approximate surface area is 118 Å². The molecule has 1 heterocycles. The molecule has 0 spiro atoms. The number of nitrogens with one attached hydrogen (secondary N) is 3. The second-order valence-corrected chi connectivity index (χ2v) is 5.53. The van der Waals surface area contributed by atoms with E-state index >= 15 is 0 Å². The van der Waals surface area contributed by atoms with Gasteiger partial charge in [-0.3, -0.25) is 0 Å². The van der Waals surface area contributed by atoms with Gasteiger partial charge >= 0.3 is 6.03 Å². The molecule has 1 aromatic carbocycles. The molecule has 106 valence electrons. The Morgan fingerprint density at radius 3 is 2.70 bits per heavy atom. The number of anilines is 1. The van der Waals surface area contributed by atoms with E-state index in [1.807, 2.05) is 30.5 Å². The third-order valence-corrected chi connectivity index (χ3v) is 4.03. The number of hydrogen-bond donors (Lipinski definition) is 3. The summed E-state index contributed by atoms with van der Waals surface area (Å²) < 4.78 is 0. The summed E-state index contributed by atoms with van der Waals surface area (Å²) in [4.78, 5) is 15.3. The van der Waals surface area contributed by atoms with E-state index in [4.69, 9.17) is 0 Å². The lowest BCUT2D eigenvalue weighted by Crippen LogP contribution is -2.37. The van der Waals surface area contributed by atoms with Crippen molar-refractivity contribution in [3.05, 3.63) is 30.5 Å². The van der Waals surface area contributed by atoms with Crippen LogP contribution in [0.2, 0.25) is 0 Å². The lowest BCUT2D eigenvalue weighted by atomic mass is 10.1. The summed E-state index contributed by atoms with van der Waals surface area (Å²) >= 11 is 0. The average Bonchev–Trinajstić information content (AvgIpc) is 2.78. The maximum atomic E-state index is 12.1. The Bertz CT molecular complexity index is 582. The number of carbonyl (C=O) groups is 1. The number of hydrogen-bond acceptors (Lipinski definition) is 1. The fraction of sp³-hybridized carbons (Fsp3) is 0.438. The van der Waals surface area contributed by atoms with Crippen LogP contribution >= 0.6 is 0 Å². The summed E-state index contributed by atoms with van der Waals surface area (Å²) in [5.74, 6) is 0. The summed E-state index contributed by atoms with van der Waals surface area (Å²) in [7, 11) is 0. The molecule has 0 unspecified atom stereocenters. The van der Waals surface area contributed by atoms with E-state index in [9.17, 15) is 4.79 Å². The molecule has 4 nitrogen and oxygen atoms in total. The van der Waals surface area contributed by atoms with Crippen LogP contribution in [0.4, 0.5) is 10.5 Å². The van der Waals surface area contributed by atoms with E-state index in [0.29, 0.717) is 6.04 Å². The highest BCUT2D eigenvalue weighted by Crippen LogP contribution is 2.22. The van der Waals surface area contributed by atoms with Crippen LogP contribution in [0, 0.1) is 0 Å². The van der Waals surface area contributed by atoms with E-state index < -0.39 is 0 Å². The monoisotopic (exact) mass is 271 g/mol. The van der Waals surface area contributed by atoms with Crippen LogP contribution in [0.1, 0.15) is 38.5 Å². The van der Waals surface area contributed by atoms with Crippen molar-refractivity contribution in [2.75, 3.05) is 5.32 Å². The molecule has 1 aliphatic carbocycles. The molecule has 20 heavy (non-hydrogen) atoms. The minimum absolute atomic E-state index is 0.0920. The van der Waals surface area contributed by atoms with Gasteiger partial charge in [0.15, 0.2) is 0 Å². The van der Waals surface area contributed by atoms with Gasteiger partial charge in [-0.1, -0.05) is 31.7 Å². The van der Waals surface area contributed by atoms with Crippen molar-refractivity contribution in [3.8, 4) is 0 Å². The SMILES string of the molecule is O=C(Nc1cccc2[nH]ccc12)NC1CCCCCC1. The number of carbonyl (C=O) groups excluding carboxylic acids is 1. The molecule has 1 fully saturated rings. The number of benzene rings is 1. The number of urea groups is 1. The molecule has 0 bridgehead atoms. The summed E-state index contributed by atoms with van der Waals surface area (Å²) in [5.41, 5.74) is 1.90. The van der Waals surface area contributed by atoms with Gasteiger partial charge in [0.25, 0.3) is 0 Å². The van der Waals surface area contributed by atoms with Crippen LogP contribution < -0.4 is 10.6 Å². The van der Waals surface area contributed by atoms with Gasteiger partial charge < -0.3 is 15.6 Å². The first kappa shape index (κ1) is 13.0. The van der Waals surface area contributed by atoms with Crippen LogP contribution in [0.25, 0.3) is 10.9 Å². The molecule has 0 atom stereocenters. The second kappa shape index (κ2) is 5.99. The predicted molar refractivity (Wildman–Crippen MR) is 81.9 cm³/mol. The van der Waals surface area contributed by atoms with E-state index in [2.05, 4.69) is 15.6 Å². The molecule has 2 aromatic rings. The Morgan fingerprint density at radius 1 is 1.10 bits per heavy atom. The molecule has 0 aliphatic heterocycles. The molecule has 1 aromatic heterocycles. The fourth-order valence-electron chi connectivity index (χ4n) is 2.96. The molecular weight excluding hydrogens is 250 g/mol. The highest BCUT2D eigenvalue weighted by Gasteiger charge is 2.15. The van der Waals surface area contributed by atoms with Gasteiger partial charge in [0.2, 0.25) is 0 Å². The summed E-state index contributed by atoms with van der Waals surface area (Å²) in [5, 5.41) is 7.12. The average molecular weight is 271 g/mol. The highest BCUT2D eigenvalue weighted by molar-refractivity contribution is 6.00. The molecule has 0 saturated heterocycles. The van der Waals surface area contributed by atoms with Gasteiger partial charge in [0.1, 0.15) is 0 Å². The number of rotatable bonds is 2. The largest absolute Gasteiger partial charge is 0.361 e. The van der Waals surface area contributed by atoms with Crippen molar-refractivity contribution in [2.24, 2.45) is 0 Å². The molecule has 4 heteroatoms. The standard InChI is InChI=1S/C16H21N3O/c20-16(18-12-6-3-1-2-4-7-12)19-15-9-5-8-14-13(15)10-11-17-14/h5,8-12,17H,1-4,6-7H2,(H2,18,19,20). The van der Waals surface area contributed by atoms with Gasteiger partial charge in [-0.25, -0.2) is 4.79 Å². The number of aromatic amines is 1. The van der Waals surface area contributed by atoms with E-state index in [-0.39, 0.29) is 6.03 Å². The van der Waals surface area contributed by atoms with E-state index in [1.165, 1.54) is 25.7 Å². The first-order valence-corrected chi connectivity index (χ1v) is 7.46. The second-order valence-electron chi connectivity index (χ2n) is 5.53. The van der Waals surface area contributed by atoms with Crippen LogP contribution in [0.15, 0.2) is 30.5 Å². The van der Waals surface area contributed by atoms with Gasteiger partial charge in [-0.05, 0) is 31.0 Å². The summed E-state index contributed by atoms with van der Waals surface area (Å²) in [6.45, 7) is 0. The lowest BCUT2D eigenvalue weighted by Gasteiger charge is -2.17. The molecule has 0 radical (unpaired) electrons. The van der Waals surface area contributed by atoms with Crippen molar-refractivity contribution >= 4 is 22.6 Å². The Morgan fingerprint density at radius 2 is 1.90 bits per heavy atom. The first-order chi connectivity index (χ1) is 9.83. The first-order valence-electron chi connectivity index (χ1n) is 7.46. The normalized spacial score (nSPS) is 16.8. The number of fused-ring (bicyclic) bond motifs is 1. The minimum Gasteiger partial charge on any atom is -0.361 e. The van der Waals surface area contributed by atoms with Crippen molar-refractivity contribution < 1.29 is 4.79 Å². The number of aromatic nitrogens is 1. The van der Waals surface area contributed by atoms with Gasteiger partial charge in [-0.15, -0.1) is 0 Å². The maximum Gasteiger partial charge on any atom is 0.319 e. The van der Waals surface area contributed by atoms with Crippen molar-refractivity contribution in [1.29, 1.82) is 0 Å². The Balaban J connectivity index is 1.65.